The Morgan fingerprint density at radius 1 is 1.39 bits per heavy atom. The second-order valence-electron chi connectivity index (χ2n) is 5.03. The third-order valence-corrected chi connectivity index (χ3v) is 3.26. The summed E-state index contributed by atoms with van der Waals surface area (Å²) in [7, 11) is 0. The van der Waals surface area contributed by atoms with Crippen molar-refractivity contribution in [1.29, 1.82) is 0 Å². The Labute approximate surface area is 110 Å². The van der Waals surface area contributed by atoms with Gasteiger partial charge >= 0.3 is 0 Å². The number of hydrogen-bond donors (Lipinski definition) is 2. The van der Waals surface area contributed by atoms with Crippen molar-refractivity contribution in [2.75, 3.05) is 0 Å². The normalized spacial score (nSPS) is 14.0. The second-order valence-corrected chi connectivity index (χ2v) is 5.03. The molecule has 18 heavy (non-hydrogen) atoms. The number of carbonyl (C=O) groups is 1. The van der Waals surface area contributed by atoms with E-state index >= 15 is 0 Å². The van der Waals surface area contributed by atoms with Crippen LogP contribution >= 0.6 is 0 Å². The lowest BCUT2D eigenvalue weighted by molar-refractivity contribution is 0.0935. The van der Waals surface area contributed by atoms with Crippen LogP contribution in [0.2, 0.25) is 0 Å². The molecule has 0 spiro atoms. The van der Waals surface area contributed by atoms with Crippen LogP contribution in [0.1, 0.15) is 49.5 Å². The highest BCUT2D eigenvalue weighted by molar-refractivity contribution is 5.94. The molecule has 0 bridgehead atoms. The number of hydrogen-bond acceptors (Lipinski definition) is 2. The Kier molecular flexibility index (Phi) is 5.86. The lowest BCUT2D eigenvalue weighted by Gasteiger charge is -2.17. The van der Waals surface area contributed by atoms with E-state index in [0.717, 1.165) is 18.4 Å². The van der Waals surface area contributed by atoms with Gasteiger partial charge in [-0.3, -0.25) is 4.79 Å². The number of benzene rings is 1. The van der Waals surface area contributed by atoms with Crippen molar-refractivity contribution in [2.45, 2.75) is 46.2 Å². The fourth-order valence-electron chi connectivity index (χ4n) is 1.98. The number of nitrogens with two attached hydrogens (primary N) is 1. The maximum atomic E-state index is 12.0. The van der Waals surface area contributed by atoms with Gasteiger partial charge < -0.3 is 11.1 Å². The number of nitrogens with one attached hydrogen (secondary N) is 1. The lowest BCUT2D eigenvalue weighted by atomic mass is 10.00. The van der Waals surface area contributed by atoms with Gasteiger partial charge in [-0.15, -0.1) is 0 Å². The second kappa shape index (κ2) is 7.17. The summed E-state index contributed by atoms with van der Waals surface area (Å²) in [6, 6.07) is 7.68. The number of carbonyl (C=O) groups excluding carboxylic acids is 1. The Balaban J connectivity index is 2.58. The van der Waals surface area contributed by atoms with Gasteiger partial charge in [0.25, 0.3) is 5.91 Å². The largest absolute Gasteiger partial charge is 0.350 e. The summed E-state index contributed by atoms with van der Waals surface area (Å²) in [6.45, 7) is 6.89. The van der Waals surface area contributed by atoms with E-state index in [1.807, 2.05) is 24.3 Å². The maximum absolute atomic E-state index is 12.0. The van der Waals surface area contributed by atoms with Gasteiger partial charge in [0, 0.05) is 18.2 Å². The van der Waals surface area contributed by atoms with Gasteiger partial charge in [0.15, 0.2) is 0 Å². The summed E-state index contributed by atoms with van der Waals surface area (Å²) < 4.78 is 0. The van der Waals surface area contributed by atoms with Crippen molar-refractivity contribution in [3.8, 4) is 0 Å². The minimum Gasteiger partial charge on any atom is -0.350 e. The fourth-order valence-corrected chi connectivity index (χ4v) is 1.98. The monoisotopic (exact) mass is 248 g/mol. The molecule has 0 aromatic heterocycles. The summed E-state index contributed by atoms with van der Waals surface area (Å²) >= 11 is 0. The average molecular weight is 248 g/mol. The van der Waals surface area contributed by atoms with Crippen molar-refractivity contribution in [3.63, 3.8) is 0 Å². The van der Waals surface area contributed by atoms with Crippen molar-refractivity contribution >= 4 is 5.91 Å². The highest BCUT2D eigenvalue weighted by atomic mass is 16.1. The topological polar surface area (TPSA) is 55.1 Å². The summed E-state index contributed by atoms with van der Waals surface area (Å²) in [4.78, 5) is 12.0. The highest BCUT2D eigenvalue weighted by Gasteiger charge is 2.12. The smallest absolute Gasteiger partial charge is 0.251 e. The molecule has 0 aliphatic heterocycles. The number of rotatable bonds is 6. The van der Waals surface area contributed by atoms with Gasteiger partial charge in [-0.25, -0.2) is 0 Å². The minimum atomic E-state index is -0.0129. The van der Waals surface area contributed by atoms with Crippen LogP contribution in [-0.4, -0.2) is 11.9 Å². The molecule has 0 saturated heterocycles. The Bertz CT molecular complexity index is 390. The van der Waals surface area contributed by atoms with E-state index < -0.39 is 0 Å². The first-order chi connectivity index (χ1) is 8.56. The third-order valence-electron chi connectivity index (χ3n) is 3.26. The molecule has 100 valence electrons. The molecule has 1 aromatic rings. The summed E-state index contributed by atoms with van der Waals surface area (Å²) in [5.74, 6) is 0.622. The van der Waals surface area contributed by atoms with Crippen LogP contribution in [0.3, 0.4) is 0 Å². The molecule has 0 heterocycles. The van der Waals surface area contributed by atoms with Gasteiger partial charge in [-0.05, 0) is 37.0 Å². The number of amides is 1. The van der Waals surface area contributed by atoms with Gasteiger partial charge in [-0.2, -0.15) is 0 Å². The Hall–Kier alpha value is -1.35. The zero-order valence-corrected chi connectivity index (χ0v) is 11.6. The molecule has 1 aromatic carbocycles. The first kappa shape index (κ1) is 14.7. The molecule has 0 fully saturated rings. The molecule has 0 saturated carbocycles. The maximum Gasteiger partial charge on any atom is 0.251 e. The molecule has 0 radical (unpaired) electrons. The fraction of sp³-hybridized carbons (Fsp3) is 0.533. The predicted octanol–water partition coefficient (Wildman–Crippen LogP) is 2.70. The van der Waals surface area contributed by atoms with E-state index in [2.05, 4.69) is 26.1 Å². The SMILES string of the molecule is CCC(C)CC(C)NC(=O)c1cccc(CN)c1. The van der Waals surface area contributed by atoms with E-state index in [4.69, 9.17) is 5.73 Å². The summed E-state index contributed by atoms with van der Waals surface area (Å²) in [5.41, 5.74) is 7.24. The van der Waals surface area contributed by atoms with Gasteiger partial charge in [0.1, 0.15) is 0 Å². The van der Waals surface area contributed by atoms with Crippen LogP contribution in [0.5, 0.6) is 0 Å². The average Bonchev–Trinajstić information content (AvgIpc) is 2.38. The quantitative estimate of drug-likeness (QED) is 0.813. The molecule has 3 heteroatoms. The summed E-state index contributed by atoms with van der Waals surface area (Å²) in [5, 5.41) is 3.03. The van der Waals surface area contributed by atoms with Crippen LogP contribution in [0.25, 0.3) is 0 Å². The zero-order valence-electron chi connectivity index (χ0n) is 11.6. The van der Waals surface area contributed by atoms with Crippen molar-refractivity contribution in [3.05, 3.63) is 35.4 Å². The van der Waals surface area contributed by atoms with E-state index in [0.29, 0.717) is 18.0 Å². The molecule has 1 rings (SSSR count). The van der Waals surface area contributed by atoms with Crippen molar-refractivity contribution in [1.82, 2.24) is 5.32 Å². The van der Waals surface area contributed by atoms with Crippen LogP contribution in [-0.2, 0) is 6.54 Å². The van der Waals surface area contributed by atoms with Crippen LogP contribution in [0.4, 0.5) is 0 Å². The lowest BCUT2D eigenvalue weighted by Crippen LogP contribution is -2.33. The predicted molar refractivity (Wildman–Crippen MR) is 75.3 cm³/mol. The molecule has 2 unspecified atom stereocenters. The molecule has 0 aliphatic carbocycles. The van der Waals surface area contributed by atoms with E-state index in [1.54, 1.807) is 0 Å². The third kappa shape index (κ3) is 4.49. The zero-order chi connectivity index (χ0) is 13.5. The van der Waals surface area contributed by atoms with E-state index in [9.17, 15) is 4.79 Å². The molecule has 0 aliphatic rings. The minimum absolute atomic E-state index is 0.0129. The van der Waals surface area contributed by atoms with E-state index in [1.165, 1.54) is 0 Å². The van der Waals surface area contributed by atoms with Gasteiger partial charge in [0.2, 0.25) is 0 Å². The summed E-state index contributed by atoms with van der Waals surface area (Å²) in [6.07, 6.45) is 2.15. The van der Waals surface area contributed by atoms with E-state index in [-0.39, 0.29) is 11.9 Å². The Morgan fingerprint density at radius 3 is 2.72 bits per heavy atom. The van der Waals surface area contributed by atoms with Gasteiger partial charge in [0.05, 0.1) is 0 Å². The Morgan fingerprint density at radius 2 is 2.11 bits per heavy atom. The van der Waals surface area contributed by atoms with Crippen molar-refractivity contribution < 1.29 is 4.79 Å². The highest BCUT2D eigenvalue weighted by Crippen LogP contribution is 2.10. The van der Waals surface area contributed by atoms with Crippen LogP contribution in [0.15, 0.2) is 24.3 Å². The molecule has 1 amide bonds. The van der Waals surface area contributed by atoms with Crippen LogP contribution < -0.4 is 11.1 Å². The molecular weight excluding hydrogens is 224 g/mol. The molecule has 2 atom stereocenters. The molecule has 3 nitrogen and oxygen atoms in total. The van der Waals surface area contributed by atoms with Crippen LogP contribution in [0, 0.1) is 5.92 Å². The molecular formula is C15H24N2O. The first-order valence-corrected chi connectivity index (χ1v) is 6.66. The molecule has 3 N–H and O–H groups in total. The van der Waals surface area contributed by atoms with Gasteiger partial charge in [-0.1, -0.05) is 32.4 Å². The standard InChI is InChI=1S/C15H24N2O/c1-4-11(2)8-12(3)17-15(18)14-7-5-6-13(9-14)10-16/h5-7,9,11-12H,4,8,10,16H2,1-3H3,(H,17,18). The first-order valence-electron chi connectivity index (χ1n) is 6.66. The van der Waals surface area contributed by atoms with Crippen molar-refractivity contribution in [2.24, 2.45) is 11.7 Å².